The molecular weight excluding hydrogens is 395 g/mol. The number of hydrogen-bond acceptors (Lipinski definition) is 3. The molecule has 8 heteroatoms. The first-order chi connectivity index (χ1) is 14.2. The molecule has 0 spiro atoms. The Kier molecular flexibility index (Phi) is 6.43. The van der Waals surface area contributed by atoms with Gasteiger partial charge in [-0.2, -0.15) is 13.2 Å². The van der Waals surface area contributed by atoms with Gasteiger partial charge in [-0.05, 0) is 30.9 Å². The maximum atomic E-state index is 12.9. The zero-order chi connectivity index (χ0) is 21.9. The van der Waals surface area contributed by atoms with Crippen molar-refractivity contribution >= 4 is 28.3 Å². The summed E-state index contributed by atoms with van der Waals surface area (Å²) in [5.74, 6) is -1.70. The molecule has 1 aromatic carbocycles. The van der Waals surface area contributed by atoms with Crippen LogP contribution >= 0.6 is 0 Å². The second-order valence-electron chi connectivity index (χ2n) is 7.64. The van der Waals surface area contributed by atoms with Gasteiger partial charge in [0.2, 0.25) is 5.91 Å². The predicted octanol–water partition coefficient (Wildman–Crippen LogP) is 4.19. The normalized spacial score (nSPS) is 16.8. The Morgan fingerprint density at radius 1 is 1.27 bits per heavy atom. The van der Waals surface area contributed by atoms with Gasteiger partial charge in [0.25, 0.3) is 5.91 Å². The van der Waals surface area contributed by atoms with Crippen molar-refractivity contribution in [3.63, 3.8) is 0 Å². The number of benzene rings is 1. The summed E-state index contributed by atoms with van der Waals surface area (Å²) in [6, 6.07) is 7.19. The Morgan fingerprint density at radius 3 is 2.67 bits per heavy atom. The van der Waals surface area contributed by atoms with Crippen molar-refractivity contribution in [3.8, 4) is 0 Å². The van der Waals surface area contributed by atoms with Crippen LogP contribution in [-0.2, 0) is 4.79 Å². The summed E-state index contributed by atoms with van der Waals surface area (Å²) in [6.45, 7) is 0.223. The molecule has 0 bridgehead atoms. The molecule has 0 unspecified atom stereocenters. The van der Waals surface area contributed by atoms with Crippen LogP contribution < -0.4 is 5.32 Å². The minimum absolute atomic E-state index is 0.0264. The standard InChI is InChI=1S/C22H24F3N3O2/c1-28(2)19(29)10-11-26-21(30)16-12-15-4-3-5-18(20(15)27-13-16)14-6-8-17(9-7-14)22(23,24)25/h3-6,12-13,17H,7-11H2,1-2H3,(H,26,30)/t17-/m1/s1. The van der Waals surface area contributed by atoms with E-state index in [2.05, 4.69) is 10.3 Å². The van der Waals surface area contributed by atoms with Crippen molar-refractivity contribution in [1.29, 1.82) is 0 Å². The molecule has 160 valence electrons. The third-order valence-electron chi connectivity index (χ3n) is 5.32. The molecule has 1 aromatic heterocycles. The van der Waals surface area contributed by atoms with Gasteiger partial charge in [-0.3, -0.25) is 14.6 Å². The molecule has 1 N–H and O–H groups in total. The predicted molar refractivity (Wildman–Crippen MR) is 109 cm³/mol. The number of halogens is 3. The van der Waals surface area contributed by atoms with Crippen LogP contribution in [0.4, 0.5) is 13.2 Å². The number of carbonyl (C=O) groups excluding carboxylic acids is 2. The molecule has 0 fully saturated rings. The fraction of sp³-hybridized carbons (Fsp3) is 0.409. The van der Waals surface area contributed by atoms with E-state index in [9.17, 15) is 22.8 Å². The van der Waals surface area contributed by atoms with E-state index < -0.39 is 12.1 Å². The Balaban J connectivity index is 1.75. The average molecular weight is 419 g/mol. The molecule has 0 saturated carbocycles. The number of carbonyl (C=O) groups is 2. The fourth-order valence-corrected chi connectivity index (χ4v) is 3.53. The summed E-state index contributed by atoms with van der Waals surface area (Å²) in [5, 5.41) is 3.44. The lowest BCUT2D eigenvalue weighted by atomic mass is 9.85. The number of para-hydroxylation sites is 1. The van der Waals surface area contributed by atoms with Crippen LogP contribution in [0.15, 0.2) is 36.5 Å². The van der Waals surface area contributed by atoms with Crippen molar-refractivity contribution in [1.82, 2.24) is 15.2 Å². The number of rotatable bonds is 5. The van der Waals surface area contributed by atoms with Gasteiger partial charge in [0.05, 0.1) is 17.0 Å². The second kappa shape index (κ2) is 8.85. The SMILES string of the molecule is CN(C)C(=O)CCNC(=O)c1cnc2c(C3=CC[C@@H](C(F)(F)F)CC3)cccc2c1. The van der Waals surface area contributed by atoms with Crippen molar-refractivity contribution in [2.45, 2.75) is 31.9 Å². The fourth-order valence-electron chi connectivity index (χ4n) is 3.53. The average Bonchev–Trinajstić information content (AvgIpc) is 2.72. The highest BCUT2D eigenvalue weighted by Gasteiger charge is 2.39. The maximum absolute atomic E-state index is 12.9. The van der Waals surface area contributed by atoms with Crippen LogP contribution in [0.5, 0.6) is 0 Å². The van der Waals surface area contributed by atoms with E-state index in [1.54, 1.807) is 26.2 Å². The molecule has 0 radical (unpaired) electrons. The van der Waals surface area contributed by atoms with Crippen LogP contribution in [0, 0.1) is 5.92 Å². The van der Waals surface area contributed by atoms with E-state index >= 15 is 0 Å². The van der Waals surface area contributed by atoms with Crippen LogP contribution in [0.3, 0.4) is 0 Å². The van der Waals surface area contributed by atoms with E-state index in [0.29, 0.717) is 17.5 Å². The summed E-state index contributed by atoms with van der Waals surface area (Å²) in [4.78, 5) is 29.8. The van der Waals surface area contributed by atoms with E-state index in [1.807, 2.05) is 18.2 Å². The first-order valence-corrected chi connectivity index (χ1v) is 9.80. The number of allylic oxidation sites excluding steroid dienone is 2. The van der Waals surface area contributed by atoms with Crippen molar-refractivity contribution in [3.05, 3.63) is 47.7 Å². The minimum Gasteiger partial charge on any atom is -0.351 e. The number of hydrogen-bond donors (Lipinski definition) is 1. The largest absolute Gasteiger partial charge is 0.392 e. The van der Waals surface area contributed by atoms with E-state index in [4.69, 9.17) is 0 Å². The lowest BCUT2D eigenvalue weighted by Gasteiger charge is -2.24. The van der Waals surface area contributed by atoms with Gasteiger partial charge >= 0.3 is 6.18 Å². The molecule has 1 aliphatic rings. The van der Waals surface area contributed by atoms with Gasteiger partial charge in [-0.15, -0.1) is 0 Å². The smallest absolute Gasteiger partial charge is 0.351 e. The Labute approximate surface area is 173 Å². The van der Waals surface area contributed by atoms with Gasteiger partial charge in [0, 0.05) is 44.2 Å². The van der Waals surface area contributed by atoms with Crippen molar-refractivity contribution < 1.29 is 22.8 Å². The summed E-state index contributed by atoms with van der Waals surface area (Å²) in [7, 11) is 3.31. The lowest BCUT2D eigenvalue weighted by molar-refractivity contribution is -0.175. The highest BCUT2D eigenvalue weighted by atomic mass is 19.4. The Morgan fingerprint density at radius 2 is 2.03 bits per heavy atom. The summed E-state index contributed by atoms with van der Waals surface area (Å²) < 4.78 is 38.7. The minimum atomic E-state index is -4.17. The summed E-state index contributed by atoms with van der Waals surface area (Å²) in [5.41, 5.74) is 2.69. The second-order valence-corrected chi connectivity index (χ2v) is 7.64. The number of fused-ring (bicyclic) bond motifs is 1. The Bertz CT molecular complexity index is 983. The molecule has 5 nitrogen and oxygen atoms in total. The van der Waals surface area contributed by atoms with Gasteiger partial charge in [0.15, 0.2) is 0 Å². The van der Waals surface area contributed by atoms with E-state index in [1.165, 1.54) is 11.1 Å². The number of amides is 2. The lowest BCUT2D eigenvalue weighted by Crippen LogP contribution is -2.30. The molecular formula is C22H24F3N3O2. The molecule has 3 rings (SSSR count). The highest BCUT2D eigenvalue weighted by molar-refractivity contribution is 5.99. The van der Waals surface area contributed by atoms with Crippen molar-refractivity contribution in [2.75, 3.05) is 20.6 Å². The molecule has 2 amide bonds. The molecule has 0 saturated heterocycles. The number of aromatic nitrogens is 1. The van der Waals surface area contributed by atoms with E-state index in [0.717, 1.165) is 16.5 Å². The van der Waals surface area contributed by atoms with Crippen molar-refractivity contribution in [2.24, 2.45) is 5.92 Å². The molecule has 1 aliphatic carbocycles. The topological polar surface area (TPSA) is 62.3 Å². The summed E-state index contributed by atoms with van der Waals surface area (Å²) in [6.07, 6.45) is -0.473. The molecule has 2 aromatic rings. The van der Waals surface area contributed by atoms with Gasteiger partial charge in [-0.1, -0.05) is 24.3 Å². The maximum Gasteiger partial charge on any atom is 0.392 e. The van der Waals surface area contributed by atoms with Gasteiger partial charge < -0.3 is 10.2 Å². The molecule has 1 atom stereocenters. The number of nitrogens with zero attached hydrogens (tertiary/aromatic N) is 2. The zero-order valence-corrected chi connectivity index (χ0v) is 16.9. The third-order valence-corrected chi connectivity index (χ3v) is 5.32. The van der Waals surface area contributed by atoms with E-state index in [-0.39, 0.29) is 37.6 Å². The number of alkyl halides is 3. The Hall–Kier alpha value is -2.90. The van der Waals surface area contributed by atoms with Gasteiger partial charge in [-0.25, -0.2) is 0 Å². The summed E-state index contributed by atoms with van der Waals surface area (Å²) >= 11 is 0. The highest BCUT2D eigenvalue weighted by Crippen LogP contribution is 2.40. The molecule has 30 heavy (non-hydrogen) atoms. The zero-order valence-electron chi connectivity index (χ0n) is 16.9. The number of pyridine rings is 1. The molecule has 1 heterocycles. The monoisotopic (exact) mass is 419 g/mol. The number of nitrogens with one attached hydrogen (secondary N) is 1. The quantitative estimate of drug-likeness (QED) is 0.791. The first kappa shape index (κ1) is 21.8. The van der Waals surface area contributed by atoms with Crippen LogP contribution in [0.25, 0.3) is 16.5 Å². The van der Waals surface area contributed by atoms with Crippen LogP contribution in [0.1, 0.15) is 41.6 Å². The van der Waals surface area contributed by atoms with Crippen LogP contribution in [0.2, 0.25) is 0 Å². The molecule has 0 aliphatic heterocycles. The first-order valence-electron chi connectivity index (χ1n) is 9.80. The third kappa shape index (κ3) is 4.98. The van der Waals surface area contributed by atoms with Crippen LogP contribution in [-0.4, -0.2) is 48.5 Å². The van der Waals surface area contributed by atoms with Gasteiger partial charge in [0.1, 0.15) is 0 Å².